The third kappa shape index (κ3) is 3.45. The Hall–Kier alpha value is -0.540. The number of rotatable bonds is 4. The molecule has 2 unspecified atom stereocenters. The quantitative estimate of drug-likeness (QED) is 0.701. The molecule has 3 rings (SSSR count). The van der Waals surface area contributed by atoms with Crippen molar-refractivity contribution in [3.05, 3.63) is 55.7 Å². The molecule has 1 aromatic heterocycles. The van der Waals surface area contributed by atoms with Gasteiger partial charge in [0.1, 0.15) is 0 Å². The number of aryl methyl sites for hydroxylation is 1. The first-order chi connectivity index (χ1) is 10.2. The van der Waals surface area contributed by atoms with E-state index >= 15 is 0 Å². The van der Waals surface area contributed by atoms with E-state index in [9.17, 15) is 0 Å². The number of benzene rings is 1. The van der Waals surface area contributed by atoms with E-state index in [1.165, 1.54) is 35.3 Å². The van der Waals surface area contributed by atoms with Crippen LogP contribution >= 0.6 is 34.5 Å². The van der Waals surface area contributed by atoms with Gasteiger partial charge in [-0.05, 0) is 55.0 Å². The lowest BCUT2D eigenvalue weighted by Crippen LogP contribution is -2.28. The lowest BCUT2D eigenvalue weighted by Gasteiger charge is -2.28. The number of thiophene rings is 1. The molecule has 2 atom stereocenters. The Labute approximate surface area is 140 Å². The van der Waals surface area contributed by atoms with Crippen LogP contribution in [0.1, 0.15) is 54.3 Å². The van der Waals surface area contributed by atoms with Crippen LogP contribution in [0, 0.1) is 0 Å². The molecule has 0 fully saturated rings. The largest absolute Gasteiger partial charge is 0.303 e. The van der Waals surface area contributed by atoms with Crippen molar-refractivity contribution in [3.63, 3.8) is 0 Å². The Morgan fingerprint density at radius 3 is 2.76 bits per heavy atom. The third-order valence-electron chi connectivity index (χ3n) is 4.17. The fourth-order valence-electron chi connectivity index (χ4n) is 3.08. The van der Waals surface area contributed by atoms with Crippen LogP contribution < -0.4 is 5.32 Å². The van der Waals surface area contributed by atoms with E-state index < -0.39 is 0 Å². The molecule has 1 N–H and O–H groups in total. The highest BCUT2D eigenvalue weighted by atomic mass is 35.5. The highest BCUT2D eigenvalue weighted by Gasteiger charge is 2.24. The van der Waals surface area contributed by atoms with Crippen molar-refractivity contribution in [3.8, 4) is 0 Å². The van der Waals surface area contributed by atoms with Crippen LogP contribution in [0.3, 0.4) is 0 Å². The SMILES string of the molecule is CCC(NC1CCCc2sc(Cl)cc21)c1ccc(Cl)cc1. The molecule has 21 heavy (non-hydrogen) atoms. The summed E-state index contributed by atoms with van der Waals surface area (Å²) in [4.78, 5) is 1.45. The highest BCUT2D eigenvalue weighted by Crippen LogP contribution is 2.39. The minimum absolute atomic E-state index is 0.358. The smallest absolute Gasteiger partial charge is 0.0934 e. The second-order valence-electron chi connectivity index (χ2n) is 5.55. The van der Waals surface area contributed by atoms with Gasteiger partial charge in [-0.3, -0.25) is 0 Å². The molecule has 4 heteroatoms. The van der Waals surface area contributed by atoms with E-state index in [1.807, 2.05) is 12.1 Å². The summed E-state index contributed by atoms with van der Waals surface area (Å²) in [5, 5.41) is 4.61. The van der Waals surface area contributed by atoms with Crippen molar-refractivity contribution in [2.24, 2.45) is 0 Å². The number of hydrogen-bond donors (Lipinski definition) is 1. The Bertz CT molecular complexity index is 606. The molecule has 0 radical (unpaired) electrons. The van der Waals surface area contributed by atoms with Gasteiger partial charge in [0.15, 0.2) is 0 Å². The van der Waals surface area contributed by atoms with E-state index in [-0.39, 0.29) is 0 Å². The first kappa shape index (κ1) is 15.4. The molecule has 1 aliphatic carbocycles. The van der Waals surface area contributed by atoms with Crippen molar-refractivity contribution in [1.82, 2.24) is 5.32 Å². The summed E-state index contributed by atoms with van der Waals surface area (Å²) in [6.07, 6.45) is 4.65. The Morgan fingerprint density at radius 2 is 2.05 bits per heavy atom. The molecule has 1 heterocycles. The second-order valence-corrected chi connectivity index (χ2v) is 7.76. The monoisotopic (exact) mass is 339 g/mol. The van der Waals surface area contributed by atoms with Gasteiger partial charge in [-0.1, -0.05) is 42.3 Å². The zero-order valence-corrected chi connectivity index (χ0v) is 14.4. The summed E-state index contributed by atoms with van der Waals surface area (Å²) in [7, 11) is 0. The maximum absolute atomic E-state index is 6.20. The Morgan fingerprint density at radius 1 is 1.29 bits per heavy atom. The van der Waals surface area contributed by atoms with Gasteiger partial charge in [-0.15, -0.1) is 11.3 Å². The minimum Gasteiger partial charge on any atom is -0.303 e. The normalized spacial score (nSPS) is 19.3. The van der Waals surface area contributed by atoms with Gasteiger partial charge < -0.3 is 5.32 Å². The van der Waals surface area contributed by atoms with Crippen LogP contribution in [-0.4, -0.2) is 0 Å². The standard InChI is InChI=1S/C17H19Cl2NS/c1-2-14(11-6-8-12(18)9-7-11)20-15-4-3-5-16-13(15)10-17(19)21-16/h6-10,14-15,20H,2-5H2,1H3. The van der Waals surface area contributed by atoms with E-state index in [0.29, 0.717) is 12.1 Å². The van der Waals surface area contributed by atoms with Gasteiger partial charge >= 0.3 is 0 Å². The molecular weight excluding hydrogens is 321 g/mol. The van der Waals surface area contributed by atoms with Gasteiger partial charge in [0.25, 0.3) is 0 Å². The highest BCUT2D eigenvalue weighted by molar-refractivity contribution is 7.16. The average molecular weight is 340 g/mol. The summed E-state index contributed by atoms with van der Waals surface area (Å²) in [6, 6.07) is 11.1. The number of nitrogens with one attached hydrogen (secondary N) is 1. The molecule has 0 saturated carbocycles. The van der Waals surface area contributed by atoms with E-state index in [0.717, 1.165) is 15.8 Å². The van der Waals surface area contributed by atoms with Crippen LogP contribution in [0.4, 0.5) is 0 Å². The second kappa shape index (κ2) is 6.70. The summed E-state index contributed by atoms with van der Waals surface area (Å²) in [5.41, 5.74) is 2.71. The molecular formula is C17H19Cl2NS. The molecule has 112 valence electrons. The Kier molecular flexibility index (Phi) is 4.90. The van der Waals surface area contributed by atoms with E-state index in [2.05, 4.69) is 30.4 Å². The van der Waals surface area contributed by atoms with E-state index in [4.69, 9.17) is 23.2 Å². The summed E-state index contributed by atoms with van der Waals surface area (Å²) in [6.45, 7) is 2.22. The lowest BCUT2D eigenvalue weighted by atomic mass is 9.92. The van der Waals surface area contributed by atoms with Gasteiger partial charge in [-0.25, -0.2) is 0 Å². The van der Waals surface area contributed by atoms with Crippen LogP contribution in [0.25, 0.3) is 0 Å². The summed E-state index contributed by atoms with van der Waals surface area (Å²) in [5.74, 6) is 0. The van der Waals surface area contributed by atoms with E-state index in [1.54, 1.807) is 11.3 Å². The molecule has 0 spiro atoms. The molecule has 0 amide bonds. The minimum atomic E-state index is 0.358. The molecule has 1 aromatic carbocycles. The molecule has 0 aliphatic heterocycles. The lowest BCUT2D eigenvalue weighted by molar-refractivity contribution is 0.395. The van der Waals surface area contributed by atoms with Crippen LogP contribution in [0.5, 0.6) is 0 Å². The number of hydrogen-bond acceptors (Lipinski definition) is 2. The van der Waals surface area contributed by atoms with Gasteiger partial charge in [0.2, 0.25) is 0 Å². The maximum atomic E-state index is 6.20. The van der Waals surface area contributed by atoms with Crippen molar-refractivity contribution >= 4 is 34.5 Å². The zero-order chi connectivity index (χ0) is 14.8. The molecule has 0 saturated heterocycles. The first-order valence-corrected chi connectivity index (χ1v) is 9.04. The van der Waals surface area contributed by atoms with Gasteiger partial charge in [-0.2, -0.15) is 0 Å². The third-order valence-corrected chi connectivity index (χ3v) is 5.76. The molecule has 2 aromatic rings. The summed E-state index contributed by atoms with van der Waals surface area (Å²) < 4.78 is 0.910. The van der Waals surface area contributed by atoms with Gasteiger partial charge in [0.05, 0.1) is 4.34 Å². The van der Waals surface area contributed by atoms with Crippen LogP contribution in [0.15, 0.2) is 30.3 Å². The first-order valence-electron chi connectivity index (χ1n) is 7.47. The van der Waals surface area contributed by atoms with Crippen molar-refractivity contribution in [1.29, 1.82) is 0 Å². The average Bonchev–Trinajstić information content (AvgIpc) is 2.87. The zero-order valence-electron chi connectivity index (χ0n) is 12.0. The number of fused-ring (bicyclic) bond motifs is 1. The molecule has 0 bridgehead atoms. The topological polar surface area (TPSA) is 12.0 Å². The van der Waals surface area contributed by atoms with Crippen molar-refractivity contribution < 1.29 is 0 Å². The molecule has 1 nitrogen and oxygen atoms in total. The predicted molar refractivity (Wildman–Crippen MR) is 92.6 cm³/mol. The Balaban J connectivity index is 1.80. The van der Waals surface area contributed by atoms with Crippen LogP contribution in [-0.2, 0) is 6.42 Å². The predicted octanol–water partition coefficient (Wildman–Crippen LogP) is 6.17. The van der Waals surface area contributed by atoms with Gasteiger partial charge in [0, 0.05) is 22.0 Å². The fraction of sp³-hybridized carbons (Fsp3) is 0.412. The summed E-state index contributed by atoms with van der Waals surface area (Å²) >= 11 is 13.9. The van der Waals surface area contributed by atoms with Crippen molar-refractivity contribution in [2.45, 2.75) is 44.7 Å². The van der Waals surface area contributed by atoms with Crippen molar-refractivity contribution in [2.75, 3.05) is 0 Å². The maximum Gasteiger partial charge on any atom is 0.0934 e. The fourth-order valence-corrected chi connectivity index (χ4v) is 4.59. The van der Waals surface area contributed by atoms with Crippen LogP contribution in [0.2, 0.25) is 9.36 Å². The number of halogens is 2. The molecule has 1 aliphatic rings.